The maximum Gasteiger partial charge on any atom is 0.306 e. The predicted molar refractivity (Wildman–Crippen MR) is 112 cm³/mol. The summed E-state index contributed by atoms with van der Waals surface area (Å²) in [6.45, 7) is 2.12. The molecule has 3 rings (SSSR count). The number of ether oxygens (including phenoxy) is 3. The monoisotopic (exact) mass is 389 g/mol. The van der Waals surface area contributed by atoms with Crippen molar-refractivity contribution in [2.75, 3.05) is 20.8 Å². The second-order valence-corrected chi connectivity index (χ2v) is 6.45. The molecule has 0 saturated heterocycles. The quantitative estimate of drug-likeness (QED) is 0.538. The molecule has 0 unspecified atom stereocenters. The molecule has 0 fully saturated rings. The number of aryl methyl sites for hydroxylation is 1. The Bertz CT molecular complexity index is 1060. The first-order valence-electron chi connectivity index (χ1n) is 9.46. The SMILES string of the molecule is CCOC(=O)CCc1c(C#N)c(-c2c(OC)cccc2OC)cc2ccccc12. The number of esters is 1. The minimum atomic E-state index is -0.277. The first kappa shape index (κ1) is 20.2. The molecule has 0 saturated carbocycles. The van der Waals surface area contributed by atoms with E-state index in [9.17, 15) is 10.1 Å². The topological polar surface area (TPSA) is 68.6 Å². The Morgan fingerprint density at radius 1 is 1.03 bits per heavy atom. The first-order valence-corrected chi connectivity index (χ1v) is 9.46. The Labute approximate surface area is 170 Å². The number of benzene rings is 3. The maximum absolute atomic E-state index is 12.0. The number of rotatable bonds is 7. The fourth-order valence-electron chi connectivity index (χ4n) is 3.58. The summed E-state index contributed by atoms with van der Waals surface area (Å²) in [5, 5.41) is 12.0. The average Bonchev–Trinajstić information content (AvgIpc) is 2.76. The third-order valence-corrected chi connectivity index (χ3v) is 4.85. The van der Waals surface area contributed by atoms with E-state index in [1.54, 1.807) is 21.1 Å². The smallest absolute Gasteiger partial charge is 0.306 e. The number of nitriles is 1. The Morgan fingerprint density at radius 3 is 2.34 bits per heavy atom. The second-order valence-electron chi connectivity index (χ2n) is 6.45. The predicted octanol–water partition coefficient (Wildman–Crippen LogP) is 4.89. The lowest BCUT2D eigenvalue weighted by molar-refractivity contribution is -0.143. The van der Waals surface area contributed by atoms with Crippen molar-refractivity contribution in [2.45, 2.75) is 19.8 Å². The lowest BCUT2D eigenvalue weighted by Crippen LogP contribution is -2.07. The van der Waals surface area contributed by atoms with Crippen LogP contribution in [0.2, 0.25) is 0 Å². The molecule has 0 N–H and O–H groups in total. The van der Waals surface area contributed by atoms with Gasteiger partial charge in [0.05, 0.1) is 32.0 Å². The van der Waals surface area contributed by atoms with Crippen LogP contribution in [0.3, 0.4) is 0 Å². The van der Waals surface area contributed by atoms with Crippen LogP contribution in [-0.2, 0) is 16.0 Å². The van der Waals surface area contributed by atoms with Gasteiger partial charge in [0.25, 0.3) is 0 Å². The highest BCUT2D eigenvalue weighted by molar-refractivity contribution is 5.96. The molecule has 0 heterocycles. The van der Waals surface area contributed by atoms with Crippen molar-refractivity contribution < 1.29 is 19.0 Å². The van der Waals surface area contributed by atoms with Crippen LogP contribution in [0.25, 0.3) is 21.9 Å². The van der Waals surface area contributed by atoms with Crippen LogP contribution >= 0.6 is 0 Å². The van der Waals surface area contributed by atoms with Gasteiger partial charge in [0.2, 0.25) is 0 Å². The summed E-state index contributed by atoms with van der Waals surface area (Å²) < 4.78 is 16.2. The van der Waals surface area contributed by atoms with Crippen LogP contribution in [0.4, 0.5) is 0 Å². The van der Waals surface area contributed by atoms with Gasteiger partial charge in [0.15, 0.2) is 0 Å². The molecule has 0 atom stereocenters. The van der Waals surface area contributed by atoms with E-state index in [4.69, 9.17) is 14.2 Å². The molecule has 3 aromatic carbocycles. The van der Waals surface area contributed by atoms with Crippen LogP contribution in [0, 0.1) is 11.3 Å². The average molecular weight is 389 g/mol. The zero-order chi connectivity index (χ0) is 20.8. The Balaban J connectivity index is 2.27. The molecule has 0 bridgehead atoms. The fourth-order valence-corrected chi connectivity index (χ4v) is 3.58. The molecule has 148 valence electrons. The number of nitrogens with zero attached hydrogens (tertiary/aromatic N) is 1. The minimum Gasteiger partial charge on any atom is -0.496 e. The van der Waals surface area contributed by atoms with Gasteiger partial charge < -0.3 is 14.2 Å². The fraction of sp³-hybridized carbons (Fsp3) is 0.250. The number of fused-ring (bicyclic) bond motifs is 1. The van der Waals surface area contributed by atoms with E-state index >= 15 is 0 Å². The zero-order valence-electron chi connectivity index (χ0n) is 16.8. The lowest BCUT2D eigenvalue weighted by Gasteiger charge is -2.18. The molecule has 0 aromatic heterocycles. The van der Waals surface area contributed by atoms with E-state index in [1.165, 1.54) is 0 Å². The van der Waals surface area contributed by atoms with Crippen molar-refractivity contribution >= 4 is 16.7 Å². The van der Waals surface area contributed by atoms with Gasteiger partial charge in [-0.25, -0.2) is 0 Å². The highest BCUT2D eigenvalue weighted by Gasteiger charge is 2.21. The summed E-state index contributed by atoms with van der Waals surface area (Å²) in [5.74, 6) is 0.959. The number of carbonyl (C=O) groups is 1. The van der Waals surface area contributed by atoms with E-state index in [-0.39, 0.29) is 12.4 Å². The molecule has 5 nitrogen and oxygen atoms in total. The van der Waals surface area contributed by atoms with Crippen molar-refractivity contribution in [1.29, 1.82) is 5.26 Å². The van der Waals surface area contributed by atoms with Crippen LogP contribution in [0.1, 0.15) is 24.5 Å². The van der Waals surface area contributed by atoms with Crippen molar-refractivity contribution in [3.8, 4) is 28.7 Å². The normalized spacial score (nSPS) is 10.4. The van der Waals surface area contributed by atoms with E-state index in [2.05, 4.69) is 6.07 Å². The summed E-state index contributed by atoms with van der Waals surface area (Å²) in [5.41, 5.74) is 2.77. The van der Waals surface area contributed by atoms with Gasteiger partial charge in [-0.15, -0.1) is 0 Å². The summed E-state index contributed by atoms with van der Waals surface area (Å²) in [6.07, 6.45) is 0.618. The van der Waals surface area contributed by atoms with Crippen molar-refractivity contribution in [3.05, 3.63) is 59.7 Å². The zero-order valence-corrected chi connectivity index (χ0v) is 16.8. The van der Waals surface area contributed by atoms with Crippen LogP contribution in [-0.4, -0.2) is 26.8 Å². The summed E-state index contributed by atoms with van der Waals surface area (Å²) in [4.78, 5) is 12.0. The highest BCUT2D eigenvalue weighted by atomic mass is 16.5. The molecule has 0 aliphatic rings. The Morgan fingerprint density at radius 2 is 1.72 bits per heavy atom. The van der Waals surface area contributed by atoms with Gasteiger partial charge in [-0.2, -0.15) is 5.26 Å². The van der Waals surface area contributed by atoms with E-state index in [0.717, 1.165) is 27.5 Å². The first-order chi connectivity index (χ1) is 14.1. The molecule has 0 aliphatic carbocycles. The largest absolute Gasteiger partial charge is 0.496 e. The number of hydrogen-bond acceptors (Lipinski definition) is 5. The van der Waals surface area contributed by atoms with Gasteiger partial charge in [-0.1, -0.05) is 30.3 Å². The third kappa shape index (κ3) is 4.02. The molecule has 29 heavy (non-hydrogen) atoms. The highest BCUT2D eigenvalue weighted by Crippen LogP contribution is 2.42. The lowest BCUT2D eigenvalue weighted by atomic mass is 9.88. The molecule has 0 aliphatic heterocycles. The van der Waals surface area contributed by atoms with Crippen LogP contribution in [0.5, 0.6) is 11.5 Å². The van der Waals surface area contributed by atoms with E-state index in [0.29, 0.717) is 30.1 Å². The van der Waals surface area contributed by atoms with Gasteiger partial charge >= 0.3 is 5.97 Å². The van der Waals surface area contributed by atoms with Gasteiger partial charge in [-0.05, 0) is 47.9 Å². The minimum absolute atomic E-state index is 0.207. The second kappa shape index (κ2) is 9.11. The molecular weight excluding hydrogens is 366 g/mol. The Kier molecular flexibility index (Phi) is 6.36. The van der Waals surface area contributed by atoms with Gasteiger partial charge in [-0.3, -0.25) is 4.79 Å². The molecular formula is C24H23NO4. The van der Waals surface area contributed by atoms with E-state index < -0.39 is 0 Å². The number of carbonyl (C=O) groups excluding carboxylic acids is 1. The number of methoxy groups -OCH3 is 2. The number of hydrogen-bond donors (Lipinski definition) is 0. The van der Waals surface area contributed by atoms with E-state index in [1.807, 2.05) is 48.5 Å². The molecule has 5 heteroatoms. The summed E-state index contributed by atoms with van der Waals surface area (Å²) >= 11 is 0. The van der Waals surface area contributed by atoms with Gasteiger partial charge in [0.1, 0.15) is 17.6 Å². The maximum atomic E-state index is 12.0. The summed E-state index contributed by atoms with van der Waals surface area (Å²) in [6, 6.07) is 17.7. The van der Waals surface area contributed by atoms with Crippen molar-refractivity contribution in [1.82, 2.24) is 0 Å². The molecule has 0 amide bonds. The standard InChI is InChI=1S/C24H23NO4/c1-4-29-23(26)13-12-18-17-9-6-5-8-16(17)14-19(20(18)15-25)24-21(27-2)10-7-11-22(24)28-3/h5-11,14H,4,12-13H2,1-3H3. The van der Waals surface area contributed by atoms with Crippen molar-refractivity contribution in [3.63, 3.8) is 0 Å². The molecule has 0 spiro atoms. The van der Waals surface area contributed by atoms with Crippen molar-refractivity contribution in [2.24, 2.45) is 0 Å². The molecule has 0 radical (unpaired) electrons. The molecule has 3 aromatic rings. The van der Waals surface area contributed by atoms with Crippen LogP contribution in [0.15, 0.2) is 48.5 Å². The Hall–Kier alpha value is -3.52. The summed E-state index contributed by atoms with van der Waals surface area (Å²) in [7, 11) is 3.18. The third-order valence-electron chi connectivity index (χ3n) is 4.85. The van der Waals surface area contributed by atoms with Gasteiger partial charge in [0, 0.05) is 12.0 Å². The van der Waals surface area contributed by atoms with Crippen LogP contribution < -0.4 is 9.47 Å².